The van der Waals surface area contributed by atoms with Gasteiger partial charge in [-0.15, -0.1) is 0 Å². The standard InChI is InChI=1S/C13H19ClN4O2/c1-9(2)18(8-7-12(15)17-20)13(19)16-11-5-3-10(14)4-6-11/h3-6,9,20H,7-8H2,1-2H3,(H2,15,17)(H,16,19). The lowest BCUT2D eigenvalue weighted by Crippen LogP contribution is -2.41. The molecule has 4 N–H and O–H groups in total. The number of rotatable bonds is 5. The molecule has 0 fully saturated rings. The van der Waals surface area contributed by atoms with Gasteiger partial charge in [0.05, 0.1) is 0 Å². The minimum Gasteiger partial charge on any atom is -0.409 e. The predicted molar refractivity (Wildman–Crippen MR) is 80.3 cm³/mol. The average Bonchev–Trinajstić information content (AvgIpc) is 2.41. The molecule has 0 heterocycles. The summed E-state index contributed by atoms with van der Waals surface area (Å²) < 4.78 is 0. The number of hydrogen-bond acceptors (Lipinski definition) is 3. The first-order valence-electron chi connectivity index (χ1n) is 6.23. The average molecular weight is 299 g/mol. The maximum absolute atomic E-state index is 12.2. The Balaban J connectivity index is 2.66. The molecular formula is C13H19ClN4O2. The number of oxime groups is 1. The minimum atomic E-state index is -0.243. The third-order valence-corrected chi connectivity index (χ3v) is 2.97. The molecule has 0 radical (unpaired) electrons. The molecule has 1 aromatic carbocycles. The van der Waals surface area contributed by atoms with Gasteiger partial charge in [-0.3, -0.25) is 0 Å². The molecule has 110 valence electrons. The number of nitrogens with two attached hydrogens (primary N) is 1. The highest BCUT2D eigenvalue weighted by Crippen LogP contribution is 2.14. The fraction of sp³-hybridized carbons (Fsp3) is 0.385. The second-order valence-electron chi connectivity index (χ2n) is 4.57. The van der Waals surface area contributed by atoms with Gasteiger partial charge in [0.25, 0.3) is 0 Å². The Kier molecular flexibility index (Phi) is 6.11. The van der Waals surface area contributed by atoms with Crippen molar-refractivity contribution < 1.29 is 10.0 Å². The summed E-state index contributed by atoms with van der Waals surface area (Å²) in [6.45, 7) is 4.16. The molecule has 0 spiro atoms. The Morgan fingerprint density at radius 1 is 1.45 bits per heavy atom. The third-order valence-electron chi connectivity index (χ3n) is 2.72. The van der Waals surface area contributed by atoms with E-state index < -0.39 is 0 Å². The van der Waals surface area contributed by atoms with E-state index in [0.717, 1.165) is 0 Å². The third kappa shape index (κ3) is 4.97. The quantitative estimate of drug-likeness (QED) is 0.338. The molecule has 0 unspecified atom stereocenters. The van der Waals surface area contributed by atoms with Gasteiger partial charge in [-0.05, 0) is 38.1 Å². The van der Waals surface area contributed by atoms with Crippen molar-refractivity contribution in [1.29, 1.82) is 0 Å². The lowest BCUT2D eigenvalue weighted by molar-refractivity contribution is 0.198. The summed E-state index contributed by atoms with van der Waals surface area (Å²) in [5.41, 5.74) is 6.08. The molecule has 0 aliphatic rings. The van der Waals surface area contributed by atoms with E-state index in [2.05, 4.69) is 10.5 Å². The number of amides is 2. The Labute approximate surface area is 123 Å². The predicted octanol–water partition coefficient (Wildman–Crippen LogP) is 2.72. The summed E-state index contributed by atoms with van der Waals surface area (Å²) in [4.78, 5) is 13.8. The summed E-state index contributed by atoms with van der Waals surface area (Å²) in [7, 11) is 0. The maximum Gasteiger partial charge on any atom is 0.322 e. The van der Waals surface area contributed by atoms with Gasteiger partial charge in [-0.1, -0.05) is 16.8 Å². The Morgan fingerprint density at radius 2 is 2.05 bits per heavy atom. The Bertz CT molecular complexity index is 474. The smallest absolute Gasteiger partial charge is 0.322 e. The van der Waals surface area contributed by atoms with E-state index in [9.17, 15) is 4.79 Å². The molecule has 0 bridgehead atoms. The van der Waals surface area contributed by atoms with Gasteiger partial charge in [0.1, 0.15) is 5.84 Å². The van der Waals surface area contributed by atoms with E-state index in [1.165, 1.54) is 0 Å². The molecule has 0 saturated heterocycles. The zero-order valence-electron chi connectivity index (χ0n) is 11.5. The summed E-state index contributed by atoms with van der Waals surface area (Å²) in [6.07, 6.45) is 0.308. The molecule has 7 heteroatoms. The fourth-order valence-electron chi connectivity index (χ4n) is 1.61. The van der Waals surface area contributed by atoms with Crippen molar-refractivity contribution in [3.05, 3.63) is 29.3 Å². The van der Waals surface area contributed by atoms with Crippen LogP contribution in [0.3, 0.4) is 0 Å². The largest absolute Gasteiger partial charge is 0.409 e. The zero-order chi connectivity index (χ0) is 15.1. The molecule has 2 amide bonds. The highest BCUT2D eigenvalue weighted by Gasteiger charge is 2.17. The van der Waals surface area contributed by atoms with Crippen LogP contribution in [0, 0.1) is 0 Å². The molecule has 0 aliphatic heterocycles. The van der Waals surface area contributed by atoms with Crippen LogP contribution in [0.2, 0.25) is 5.02 Å². The number of anilines is 1. The number of nitrogens with zero attached hydrogens (tertiary/aromatic N) is 2. The molecule has 1 rings (SSSR count). The van der Waals surface area contributed by atoms with Crippen molar-refractivity contribution in [2.45, 2.75) is 26.3 Å². The lowest BCUT2D eigenvalue weighted by Gasteiger charge is -2.26. The number of benzene rings is 1. The van der Waals surface area contributed by atoms with Gasteiger partial charge < -0.3 is 21.2 Å². The molecule has 0 saturated carbocycles. The van der Waals surface area contributed by atoms with Crippen molar-refractivity contribution in [3.8, 4) is 0 Å². The molecular weight excluding hydrogens is 280 g/mol. The first-order valence-corrected chi connectivity index (χ1v) is 6.61. The number of carbonyl (C=O) groups is 1. The maximum atomic E-state index is 12.2. The van der Waals surface area contributed by atoms with Crippen LogP contribution in [0.15, 0.2) is 29.4 Å². The number of carbonyl (C=O) groups excluding carboxylic acids is 1. The molecule has 0 aromatic heterocycles. The lowest BCUT2D eigenvalue weighted by atomic mass is 10.3. The Hall–Kier alpha value is -1.95. The molecule has 0 aliphatic carbocycles. The second kappa shape index (κ2) is 7.59. The monoisotopic (exact) mass is 298 g/mol. The first kappa shape index (κ1) is 16.1. The van der Waals surface area contributed by atoms with Gasteiger partial charge in [0.15, 0.2) is 0 Å². The van der Waals surface area contributed by atoms with E-state index in [-0.39, 0.29) is 17.9 Å². The topological polar surface area (TPSA) is 90.9 Å². The number of amidine groups is 1. The van der Waals surface area contributed by atoms with Gasteiger partial charge in [0.2, 0.25) is 0 Å². The number of hydrogen-bond donors (Lipinski definition) is 3. The van der Waals surface area contributed by atoms with Crippen molar-refractivity contribution in [2.24, 2.45) is 10.9 Å². The van der Waals surface area contributed by atoms with Gasteiger partial charge in [0, 0.05) is 29.7 Å². The zero-order valence-corrected chi connectivity index (χ0v) is 12.3. The number of nitrogens with one attached hydrogen (secondary N) is 1. The Morgan fingerprint density at radius 3 is 2.55 bits per heavy atom. The van der Waals surface area contributed by atoms with Gasteiger partial charge in [-0.2, -0.15) is 0 Å². The number of urea groups is 1. The second-order valence-corrected chi connectivity index (χ2v) is 5.00. The molecule has 0 atom stereocenters. The molecule has 6 nitrogen and oxygen atoms in total. The summed E-state index contributed by atoms with van der Waals surface area (Å²) in [5.74, 6) is 0.0925. The van der Waals surface area contributed by atoms with E-state index in [1.807, 2.05) is 13.8 Å². The summed E-state index contributed by atoms with van der Waals surface area (Å²) >= 11 is 5.79. The van der Waals surface area contributed by atoms with Gasteiger partial charge in [-0.25, -0.2) is 4.79 Å². The van der Waals surface area contributed by atoms with Crippen molar-refractivity contribution >= 4 is 29.2 Å². The summed E-state index contributed by atoms with van der Waals surface area (Å²) in [6, 6.07) is 6.60. The van der Waals surface area contributed by atoms with Crippen LogP contribution in [0.5, 0.6) is 0 Å². The molecule has 20 heavy (non-hydrogen) atoms. The van der Waals surface area contributed by atoms with Crippen LogP contribution in [-0.4, -0.2) is 34.6 Å². The van der Waals surface area contributed by atoms with E-state index in [0.29, 0.717) is 23.7 Å². The van der Waals surface area contributed by atoms with Crippen LogP contribution in [0.25, 0.3) is 0 Å². The van der Waals surface area contributed by atoms with Crippen LogP contribution in [0.4, 0.5) is 10.5 Å². The van der Waals surface area contributed by atoms with Crippen LogP contribution in [0.1, 0.15) is 20.3 Å². The van der Waals surface area contributed by atoms with E-state index in [1.54, 1.807) is 29.2 Å². The first-order chi connectivity index (χ1) is 9.43. The van der Waals surface area contributed by atoms with E-state index in [4.69, 9.17) is 22.5 Å². The fourth-order valence-corrected chi connectivity index (χ4v) is 1.73. The SMILES string of the molecule is CC(C)N(CCC(N)=NO)C(=O)Nc1ccc(Cl)cc1. The highest BCUT2D eigenvalue weighted by molar-refractivity contribution is 6.30. The van der Waals surface area contributed by atoms with Crippen LogP contribution in [-0.2, 0) is 0 Å². The summed E-state index contributed by atoms with van der Waals surface area (Å²) in [5, 5.41) is 14.8. The van der Waals surface area contributed by atoms with E-state index >= 15 is 0 Å². The van der Waals surface area contributed by atoms with Crippen LogP contribution >= 0.6 is 11.6 Å². The van der Waals surface area contributed by atoms with Crippen LogP contribution < -0.4 is 11.1 Å². The van der Waals surface area contributed by atoms with Gasteiger partial charge >= 0.3 is 6.03 Å². The van der Waals surface area contributed by atoms with Crippen molar-refractivity contribution in [2.75, 3.05) is 11.9 Å². The number of halogens is 1. The highest BCUT2D eigenvalue weighted by atomic mass is 35.5. The van der Waals surface area contributed by atoms with Crippen molar-refractivity contribution in [3.63, 3.8) is 0 Å². The normalized spacial score (nSPS) is 11.5. The minimum absolute atomic E-state index is 0.00575. The van der Waals surface area contributed by atoms with Crippen molar-refractivity contribution in [1.82, 2.24) is 4.90 Å². The molecule has 1 aromatic rings.